The van der Waals surface area contributed by atoms with Gasteiger partial charge in [0.1, 0.15) is 17.3 Å². The summed E-state index contributed by atoms with van der Waals surface area (Å²) in [5, 5.41) is 6.71. The summed E-state index contributed by atoms with van der Waals surface area (Å²) in [6, 6.07) is 8.42. The van der Waals surface area contributed by atoms with Crippen LogP contribution in [0.5, 0.6) is 0 Å². The van der Waals surface area contributed by atoms with Gasteiger partial charge in [0.2, 0.25) is 5.91 Å². The molecule has 2 aliphatic heterocycles. The van der Waals surface area contributed by atoms with E-state index in [2.05, 4.69) is 31.4 Å². The molecule has 1 saturated heterocycles. The summed E-state index contributed by atoms with van der Waals surface area (Å²) in [6.45, 7) is 8.06. The molecular formula is C25H27Cl2FN2O3. The molecule has 2 aliphatic rings. The second-order valence-corrected chi connectivity index (χ2v) is 10.7. The fourth-order valence-electron chi connectivity index (χ4n) is 5.36. The quantitative estimate of drug-likeness (QED) is 0.557. The summed E-state index contributed by atoms with van der Waals surface area (Å²) in [5.41, 5.74) is -0.0283. The molecule has 0 unspecified atom stereocenters. The van der Waals surface area contributed by atoms with E-state index in [4.69, 9.17) is 27.9 Å². The summed E-state index contributed by atoms with van der Waals surface area (Å²) in [5.74, 6) is -2.37. The monoisotopic (exact) mass is 492 g/mol. The highest BCUT2D eigenvalue weighted by Crippen LogP contribution is 2.57. The van der Waals surface area contributed by atoms with Crippen LogP contribution in [0.15, 0.2) is 36.4 Å². The van der Waals surface area contributed by atoms with Crippen molar-refractivity contribution >= 4 is 40.8 Å². The van der Waals surface area contributed by atoms with Crippen molar-refractivity contribution in [3.63, 3.8) is 0 Å². The molecule has 1 fully saturated rings. The number of hydrogen-bond acceptors (Lipinski definition) is 4. The van der Waals surface area contributed by atoms with E-state index in [1.54, 1.807) is 37.3 Å². The number of esters is 1. The first-order valence-corrected chi connectivity index (χ1v) is 11.7. The van der Waals surface area contributed by atoms with Gasteiger partial charge < -0.3 is 10.1 Å². The number of amides is 1. The van der Waals surface area contributed by atoms with Crippen molar-refractivity contribution < 1.29 is 18.7 Å². The van der Waals surface area contributed by atoms with E-state index in [-0.39, 0.29) is 28.5 Å². The van der Waals surface area contributed by atoms with Crippen molar-refractivity contribution in [2.75, 3.05) is 11.9 Å². The van der Waals surface area contributed by atoms with E-state index in [0.29, 0.717) is 22.7 Å². The topological polar surface area (TPSA) is 67.4 Å². The molecule has 5 nitrogen and oxygen atoms in total. The van der Waals surface area contributed by atoms with E-state index in [9.17, 15) is 9.59 Å². The van der Waals surface area contributed by atoms with Crippen LogP contribution in [-0.2, 0) is 19.7 Å². The van der Waals surface area contributed by atoms with Gasteiger partial charge in [-0.2, -0.15) is 0 Å². The molecule has 33 heavy (non-hydrogen) atoms. The van der Waals surface area contributed by atoms with Gasteiger partial charge in [-0.1, -0.05) is 62.2 Å². The average molecular weight is 493 g/mol. The van der Waals surface area contributed by atoms with Crippen LogP contribution in [0.4, 0.5) is 10.1 Å². The van der Waals surface area contributed by atoms with Gasteiger partial charge in [-0.25, -0.2) is 4.39 Å². The van der Waals surface area contributed by atoms with Crippen molar-refractivity contribution in [1.29, 1.82) is 0 Å². The summed E-state index contributed by atoms with van der Waals surface area (Å²) in [4.78, 5) is 27.0. The first kappa shape index (κ1) is 24.0. The molecule has 2 heterocycles. The van der Waals surface area contributed by atoms with Gasteiger partial charge in [0, 0.05) is 22.7 Å². The third-order valence-electron chi connectivity index (χ3n) is 6.48. The predicted molar refractivity (Wildman–Crippen MR) is 127 cm³/mol. The average Bonchev–Trinajstić information content (AvgIpc) is 3.19. The number of nitrogens with one attached hydrogen (secondary N) is 2. The number of anilines is 1. The standard InChI is InChI=1S/C25H27Cl2FN2O3/c1-5-33-22(31)21-19(14-7-6-8-16(27)20(14)28)25(18(30-21)12-24(2,3)4)15-10-9-13(26)11-17(15)29-23(25)32/h6-11,18-19,21,30H,5,12H2,1-4H3,(H,29,32)/t18-,19-,21+,25+/m0/s1. The second kappa shape index (κ2) is 8.57. The first-order chi connectivity index (χ1) is 15.5. The molecule has 1 spiro atoms. The summed E-state index contributed by atoms with van der Waals surface area (Å²) < 4.78 is 20.8. The Morgan fingerprint density at radius 3 is 2.61 bits per heavy atom. The van der Waals surface area contributed by atoms with Crippen molar-refractivity contribution in [2.45, 2.75) is 57.5 Å². The molecule has 4 atom stereocenters. The maximum Gasteiger partial charge on any atom is 0.323 e. The van der Waals surface area contributed by atoms with Gasteiger partial charge in [0.15, 0.2) is 0 Å². The van der Waals surface area contributed by atoms with Crippen LogP contribution in [0, 0.1) is 11.2 Å². The fraction of sp³-hybridized carbons (Fsp3) is 0.440. The van der Waals surface area contributed by atoms with Gasteiger partial charge in [0.05, 0.1) is 11.6 Å². The van der Waals surface area contributed by atoms with Crippen LogP contribution in [-0.4, -0.2) is 30.6 Å². The summed E-state index contributed by atoms with van der Waals surface area (Å²) in [7, 11) is 0. The molecule has 2 aromatic rings. The summed E-state index contributed by atoms with van der Waals surface area (Å²) >= 11 is 12.4. The maximum absolute atomic E-state index is 15.5. The van der Waals surface area contributed by atoms with Gasteiger partial charge in [0.25, 0.3) is 0 Å². The molecule has 8 heteroatoms. The number of ether oxygens (including phenoxy) is 1. The Morgan fingerprint density at radius 2 is 1.94 bits per heavy atom. The highest BCUT2D eigenvalue weighted by Gasteiger charge is 2.66. The molecule has 0 aliphatic carbocycles. The molecule has 0 bridgehead atoms. The number of hydrogen-bond donors (Lipinski definition) is 2. The van der Waals surface area contributed by atoms with Crippen LogP contribution < -0.4 is 10.6 Å². The molecule has 0 saturated carbocycles. The van der Waals surface area contributed by atoms with Crippen LogP contribution >= 0.6 is 23.2 Å². The van der Waals surface area contributed by atoms with Crippen LogP contribution in [0.1, 0.15) is 51.2 Å². The molecule has 0 radical (unpaired) electrons. The zero-order chi connectivity index (χ0) is 24.1. The number of halogens is 3. The van der Waals surface area contributed by atoms with Gasteiger partial charge in [-0.05, 0) is 48.1 Å². The number of benzene rings is 2. The molecule has 4 rings (SSSR count). The lowest BCUT2D eigenvalue weighted by Crippen LogP contribution is -2.49. The van der Waals surface area contributed by atoms with E-state index in [1.807, 2.05) is 0 Å². The Labute approximate surface area is 203 Å². The first-order valence-electron chi connectivity index (χ1n) is 11.0. The van der Waals surface area contributed by atoms with E-state index in [0.717, 1.165) is 0 Å². The third-order valence-corrected chi connectivity index (χ3v) is 7.01. The number of carbonyl (C=O) groups excluding carboxylic acids is 2. The molecular weight excluding hydrogens is 466 g/mol. The van der Waals surface area contributed by atoms with Crippen LogP contribution in [0.3, 0.4) is 0 Å². The molecule has 2 N–H and O–H groups in total. The molecule has 176 valence electrons. The summed E-state index contributed by atoms with van der Waals surface area (Å²) in [6.07, 6.45) is 0.553. The normalized spacial score (nSPS) is 26.4. The lowest BCUT2D eigenvalue weighted by molar-refractivity contribution is -0.145. The zero-order valence-corrected chi connectivity index (χ0v) is 20.5. The Balaban J connectivity index is 2.02. The van der Waals surface area contributed by atoms with Crippen molar-refractivity contribution in [3.8, 4) is 0 Å². The highest BCUT2D eigenvalue weighted by molar-refractivity contribution is 6.31. The van der Waals surface area contributed by atoms with Crippen molar-refractivity contribution in [1.82, 2.24) is 5.32 Å². The molecule has 1 amide bonds. The largest absolute Gasteiger partial charge is 0.465 e. The van der Waals surface area contributed by atoms with E-state index >= 15 is 4.39 Å². The zero-order valence-electron chi connectivity index (χ0n) is 19.0. The van der Waals surface area contributed by atoms with Crippen LogP contribution in [0.2, 0.25) is 10.0 Å². The van der Waals surface area contributed by atoms with Crippen molar-refractivity contribution in [3.05, 3.63) is 63.4 Å². The van der Waals surface area contributed by atoms with Gasteiger partial charge in [-0.3, -0.25) is 14.9 Å². The smallest absolute Gasteiger partial charge is 0.323 e. The predicted octanol–water partition coefficient (Wildman–Crippen LogP) is 5.45. The number of fused-ring (bicyclic) bond motifs is 2. The van der Waals surface area contributed by atoms with E-state index in [1.165, 1.54) is 6.07 Å². The lowest BCUT2D eigenvalue weighted by Gasteiger charge is -2.37. The Kier molecular flexibility index (Phi) is 6.23. The third kappa shape index (κ3) is 3.92. The number of carbonyl (C=O) groups is 2. The minimum absolute atomic E-state index is 0.0701. The minimum Gasteiger partial charge on any atom is -0.465 e. The second-order valence-electron chi connectivity index (χ2n) is 9.85. The van der Waals surface area contributed by atoms with Crippen LogP contribution in [0.25, 0.3) is 0 Å². The lowest BCUT2D eigenvalue weighted by atomic mass is 9.62. The molecule has 2 aromatic carbocycles. The maximum atomic E-state index is 15.5. The van der Waals surface area contributed by atoms with Gasteiger partial charge in [-0.15, -0.1) is 0 Å². The fourth-order valence-corrected chi connectivity index (χ4v) is 5.72. The Bertz CT molecular complexity index is 1120. The van der Waals surface area contributed by atoms with E-state index < -0.39 is 35.2 Å². The SMILES string of the molecule is CCOC(=O)[C@@H]1N[C@@H](CC(C)(C)C)[C@@]2(C(=O)Nc3cc(Cl)ccc32)[C@H]1c1cccc(Cl)c1F. The number of rotatable bonds is 4. The van der Waals surface area contributed by atoms with Gasteiger partial charge >= 0.3 is 5.97 Å². The highest BCUT2D eigenvalue weighted by atomic mass is 35.5. The van der Waals surface area contributed by atoms with Crippen molar-refractivity contribution in [2.24, 2.45) is 5.41 Å². The Morgan fingerprint density at radius 1 is 1.21 bits per heavy atom. The molecule has 0 aromatic heterocycles. The minimum atomic E-state index is -1.27. The Hall–Kier alpha value is -2.15.